The fourth-order valence-corrected chi connectivity index (χ4v) is 3.14. The number of nitrogens with zero attached hydrogens (tertiary/aromatic N) is 4. The summed E-state index contributed by atoms with van der Waals surface area (Å²) in [4.78, 5) is 23.3. The number of hydrogen-bond donors (Lipinski definition) is 1. The number of carbonyl (C=O) groups excluding carboxylic acids is 1. The summed E-state index contributed by atoms with van der Waals surface area (Å²) in [7, 11) is 0. The molecule has 1 aliphatic rings. The molecule has 1 aliphatic heterocycles. The van der Waals surface area contributed by atoms with Crippen LogP contribution >= 0.6 is 0 Å². The lowest BCUT2D eigenvalue weighted by molar-refractivity contribution is -0.125. The molecule has 0 saturated heterocycles. The first kappa shape index (κ1) is 15.6. The van der Waals surface area contributed by atoms with Gasteiger partial charge < -0.3 is 14.3 Å². The number of fused-ring (bicyclic) bond motifs is 1. The third kappa shape index (κ3) is 3.46. The number of hydrogen-bond acceptors (Lipinski definition) is 5. The maximum absolute atomic E-state index is 12.8. The third-order valence-electron chi connectivity index (χ3n) is 4.38. The Bertz CT molecular complexity index is 828. The topological polar surface area (TPSA) is 76.2 Å². The second-order valence-corrected chi connectivity index (χ2v) is 6.19. The van der Waals surface area contributed by atoms with Crippen molar-refractivity contribution in [3.05, 3.63) is 72.5 Å². The van der Waals surface area contributed by atoms with E-state index in [1.165, 1.54) is 0 Å². The van der Waals surface area contributed by atoms with E-state index in [0.717, 1.165) is 29.9 Å². The average molecular weight is 337 g/mol. The molecule has 0 spiro atoms. The average Bonchev–Trinajstić information content (AvgIpc) is 3.31. The van der Waals surface area contributed by atoms with Gasteiger partial charge in [0.05, 0.1) is 24.5 Å². The summed E-state index contributed by atoms with van der Waals surface area (Å²) in [5.74, 6) is -0.0139. The molecule has 0 unspecified atom stereocenters. The maximum Gasteiger partial charge on any atom is 0.244 e. The largest absolute Gasteiger partial charge is 0.472 e. The third-order valence-corrected chi connectivity index (χ3v) is 4.38. The molecule has 1 N–H and O–H groups in total. The molecule has 0 aliphatic carbocycles. The summed E-state index contributed by atoms with van der Waals surface area (Å²) in [6, 6.07) is 5.46. The minimum Gasteiger partial charge on any atom is -0.472 e. The molecular weight excluding hydrogens is 318 g/mol. The summed E-state index contributed by atoms with van der Waals surface area (Å²) in [6.07, 6.45) is 10.4. The fourth-order valence-electron chi connectivity index (χ4n) is 3.14. The smallest absolute Gasteiger partial charge is 0.244 e. The van der Waals surface area contributed by atoms with Gasteiger partial charge in [0.1, 0.15) is 6.04 Å². The Morgan fingerprint density at radius 1 is 1.28 bits per heavy atom. The van der Waals surface area contributed by atoms with Gasteiger partial charge in [-0.05, 0) is 17.7 Å². The molecule has 0 radical (unpaired) electrons. The monoisotopic (exact) mass is 337 g/mol. The predicted octanol–water partition coefficient (Wildman–Crippen LogP) is 1.74. The first-order valence-electron chi connectivity index (χ1n) is 8.20. The van der Waals surface area contributed by atoms with Crippen LogP contribution in [0, 0.1) is 0 Å². The van der Waals surface area contributed by atoms with Crippen LogP contribution in [0.1, 0.15) is 22.9 Å². The number of pyridine rings is 1. The highest BCUT2D eigenvalue weighted by Gasteiger charge is 2.30. The van der Waals surface area contributed by atoms with Gasteiger partial charge in [0.25, 0.3) is 0 Å². The number of nitrogens with one attached hydrogen (secondary N) is 1. The zero-order valence-electron chi connectivity index (χ0n) is 13.7. The van der Waals surface area contributed by atoms with Gasteiger partial charge in [-0.2, -0.15) is 0 Å². The molecule has 7 heteroatoms. The maximum atomic E-state index is 12.8. The van der Waals surface area contributed by atoms with Crippen LogP contribution in [-0.2, 0) is 24.4 Å². The lowest BCUT2D eigenvalue weighted by Gasteiger charge is -2.33. The number of carbonyl (C=O) groups is 1. The highest BCUT2D eigenvalue weighted by Crippen LogP contribution is 2.23. The van der Waals surface area contributed by atoms with E-state index in [-0.39, 0.29) is 11.9 Å². The van der Waals surface area contributed by atoms with Crippen molar-refractivity contribution >= 4 is 5.91 Å². The Hall–Kier alpha value is -2.93. The zero-order chi connectivity index (χ0) is 17.1. The molecule has 4 heterocycles. The number of furan rings is 1. The molecule has 1 amide bonds. The summed E-state index contributed by atoms with van der Waals surface area (Å²) < 4.78 is 7.11. The van der Waals surface area contributed by atoms with Crippen molar-refractivity contribution in [2.24, 2.45) is 0 Å². The Morgan fingerprint density at radius 3 is 3.04 bits per heavy atom. The molecule has 0 fully saturated rings. The van der Waals surface area contributed by atoms with Crippen LogP contribution in [0.15, 0.2) is 60.1 Å². The van der Waals surface area contributed by atoms with Crippen molar-refractivity contribution in [2.75, 3.05) is 6.54 Å². The van der Waals surface area contributed by atoms with Crippen LogP contribution in [0.2, 0.25) is 0 Å². The van der Waals surface area contributed by atoms with Gasteiger partial charge in [0, 0.05) is 50.3 Å². The normalized spacial score (nSPS) is 17.2. The van der Waals surface area contributed by atoms with Crippen molar-refractivity contribution in [2.45, 2.75) is 25.7 Å². The second-order valence-electron chi connectivity index (χ2n) is 6.19. The number of imidazole rings is 1. The van der Waals surface area contributed by atoms with E-state index >= 15 is 0 Å². The molecule has 0 bridgehead atoms. The van der Waals surface area contributed by atoms with Gasteiger partial charge >= 0.3 is 0 Å². The van der Waals surface area contributed by atoms with Crippen LogP contribution < -0.4 is 5.32 Å². The van der Waals surface area contributed by atoms with Crippen LogP contribution in [0.5, 0.6) is 0 Å². The van der Waals surface area contributed by atoms with Gasteiger partial charge in [-0.15, -0.1) is 0 Å². The highest BCUT2D eigenvalue weighted by molar-refractivity contribution is 5.80. The van der Waals surface area contributed by atoms with E-state index in [2.05, 4.69) is 20.2 Å². The second kappa shape index (κ2) is 6.90. The summed E-state index contributed by atoms with van der Waals surface area (Å²) in [5.41, 5.74) is 3.12. The molecule has 3 aromatic heterocycles. The van der Waals surface area contributed by atoms with Crippen molar-refractivity contribution in [1.82, 2.24) is 24.8 Å². The quantitative estimate of drug-likeness (QED) is 0.767. The summed E-state index contributed by atoms with van der Waals surface area (Å²) in [6.45, 7) is 2.61. The fraction of sp³-hybridized carbons (Fsp3) is 0.278. The Kier molecular flexibility index (Phi) is 4.30. The van der Waals surface area contributed by atoms with Crippen molar-refractivity contribution in [1.29, 1.82) is 0 Å². The minimum atomic E-state index is -0.296. The molecule has 128 valence electrons. The number of aromatic nitrogens is 3. The van der Waals surface area contributed by atoms with Crippen LogP contribution in [0.4, 0.5) is 0 Å². The highest BCUT2D eigenvalue weighted by atomic mass is 16.3. The predicted molar refractivity (Wildman–Crippen MR) is 90.2 cm³/mol. The van der Waals surface area contributed by atoms with Crippen molar-refractivity contribution < 1.29 is 9.21 Å². The lowest BCUT2D eigenvalue weighted by atomic mass is 10.1. The van der Waals surface area contributed by atoms with Crippen molar-refractivity contribution in [3.63, 3.8) is 0 Å². The standard InChI is InChI=1S/C18H19N5O2/c24-18(21-7-14-2-1-4-19-6-14)17-11-22(9-15-3-5-25-12-15)10-16-8-20-13-23(16)17/h1-6,8,12-13,17H,7,9-11H2,(H,21,24)/t17-/m0/s1. The van der Waals surface area contributed by atoms with E-state index in [1.54, 1.807) is 31.2 Å². The van der Waals surface area contributed by atoms with Crippen LogP contribution in [0.3, 0.4) is 0 Å². The summed E-state index contributed by atoms with van der Waals surface area (Å²) >= 11 is 0. The van der Waals surface area contributed by atoms with Crippen molar-refractivity contribution in [3.8, 4) is 0 Å². The lowest BCUT2D eigenvalue weighted by Crippen LogP contribution is -2.43. The van der Waals surface area contributed by atoms with Crippen LogP contribution in [0.25, 0.3) is 0 Å². The minimum absolute atomic E-state index is 0.0139. The zero-order valence-corrected chi connectivity index (χ0v) is 13.7. The van der Waals surface area contributed by atoms with E-state index < -0.39 is 0 Å². The molecule has 0 saturated carbocycles. The molecule has 3 aromatic rings. The number of amides is 1. The first-order chi connectivity index (χ1) is 12.3. The van der Waals surface area contributed by atoms with E-state index in [9.17, 15) is 4.79 Å². The summed E-state index contributed by atoms with van der Waals surface area (Å²) in [5, 5.41) is 3.01. The van der Waals surface area contributed by atoms with E-state index in [4.69, 9.17) is 4.42 Å². The van der Waals surface area contributed by atoms with Gasteiger partial charge in [0.15, 0.2) is 0 Å². The van der Waals surface area contributed by atoms with Gasteiger partial charge in [0.2, 0.25) is 5.91 Å². The van der Waals surface area contributed by atoms with E-state index in [1.807, 2.05) is 29.0 Å². The molecule has 4 rings (SSSR count). The Balaban J connectivity index is 1.46. The van der Waals surface area contributed by atoms with Gasteiger partial charge in [-0.1, -0.05) is 6.07 Å². The van der Waals surface area contributed by atoms with Gasteiger partial charge in [-0.25, -0.2) is 4.98 Å². The van der Waals surface area contributed by atoms with E-state index in [0.29, 0.717) is 13.1 Å². The molecule has 7 nitrogen and oxygen atoms in total. The Labute approximate surface area is 145 Å². The SMILES string of the molecule is O=C(NCc1cccnc1)[C@@H]1CN(Cc2ccoc2)Cc2cncn21. The molecule has 1 atom stereocenters. The molecule has 0 aromatic carbocycles. The number of rotatable bonds is 5. The Morgan fingerprint density at radius 2 is 2.24 bits per heavy atom. The molecular formula is C18H19N5O2. The molecule has 25 heavy (non-hydrogen) atoms. The van der Waals surface area contributed by atoms with Gasteiger partial charge in [-0.3, -0.25) is 14.7 Å². The van der Waals surface area contributed by atoms with Crippen LogP contribution in [-0.4, -0.2) is 31.9 Å². The first-order valence-corrected chi connectivity index (χ1v) is 8.20.